The topological polar surface area (TPSA) is 0 Å². The zero-order valence-electron chi connectivity index (χ0n) is 22.5. The number of fused-ring (bicyclic) bond motifs is 2. The molecule has 0 unspecified atom stereocenters. The second-order valence-electron chi connectivity index (χ2n) is 10.7. The molecule has 6 aromatic carbocycles. The first-order valence-electron chi connectivity index (χ1n) is 13.6. The molecule has 0 saturated heterocycles. The van der Waals surface area contributed by atoms with E-state index in [0.717, 1.165) is 0 Å². The fourth-order valence-corrected chi connectivity index (χ4v) is 5.20. The zero-order chi connectivity index (χ0) is 26.7. The average molecular weight is 501 g/mol. The monoisotopic (exact) mass is 500 g/mol. The van der Waals surface area contributed by atoms with Crippen molar-refractivity contribution in [1.29, 1.82) is 0 Å². The second kappa shape index (κ2) is 10.6. The lowest BCUT2D eigenvalue weighted by atomic mass is 9.78. The Hall–Kier alpha value is -4.68. The van der Waals surface area contributed by atoms with Crippen LogP contribution in [0.25, 0.3) is 45.8 Å². The van der Waals surface area contributed by atoms with Crippen molar-refractivity contribution in [3.05, 3.63) is 167 Å². The van der Waals surface area contributed by atoms with Crippen LogP contribution in [0.15, 0.2) is 133 Å². The zero-order valence-corrected chi connectivity index (χ0v) is 22.5. The van der Waals surface area contributed by atoms with Crippen molar-refractivity contribution < 1.29 is 0 Å². The van der Waals surface area contributed by atoms with Crippen molar-refractivity contribution in [2.75, 3.05) is 0 Å². The summed E-state index contributed by atoms with van der Waals surface area (Å²) < 4.78 is 0. The summed E-state index contributed by atoms with van der Waals surface area (Å²) in [5, 5.41) is 5.09. The van der Waals surface area contributed by atoms with Crippen molar-refractivity contribution >= 4 is 45.8 Å². The van der Waals surface area contributed by atoms with Gasteiger partial charge in [0, 0.05) is 5.41 Å². The molecule has 6 rings (SSSR count). The van der Waals surface area contributed by atoms with Gasteiger partial charge < -0.3 is 0 Å². The molecule has 0 heterocycles. The SMILES string of the molecule is CC(C)(c1ccc(C=Cc2ccc3ccccc3c2)cc1)c1ccc(C=Cc2ccc3ccccc3c2)cc1. The Morgan fingerprint density at radius 3 is 1.10 bits per heavy atom. The van der Waals surface area contributed by atoms with Gasteiger partial charge in [0.25, 0.3) is 0 Å². The van der Waals surface area contributed by atoms with Gasteiger partial charge in [0.2, 0.25) is 0 Å². The molecule has 0 radical (unpaired) electrons. The number of benzene rings is 6. The highest BCUT2D eigenvalue weighted by Gasteiger charge is 2.22. The Morgan fingerprint density at radius 2 is 0.692 bits per heavy atom. The van der Waals surface area contributed by atoms with Crippen molar-refractivity contribution in [1.82, 2.24) is 0 Å². The molecule has 39 heavy (non-hydrogen) atoms. The van der Waals surface area contributed by atoms with E-state index in [-0.39, 0.29) is 5.41 Å². The highest BCUT2D eigenvalue weighted by molar-refractivity contribution is 5.87. The lowest BCUT2D eigenvalue weighted by molar-refractivity contribution is 0.641. The van der Waals surface area contributed by atoms with Crippen LogP contribution >= 0.6 is 0 Å². The minimum Gasteiger partial charge on any atom is -0.0616 e. The van der Waals surface area contributed by atoms with Gasteiger partial charge in [-0.3, -0.25) is 0 Å². The van der Waals surface area contributed by atoms with Gasteiger partial charge in [-0.2, -0.15) is 0 Å². The third-order valence-electron chi connectivity index (χ3n) is 7.75. The van der Waals surface area contributed by atoms with E-state index in [2.05, 4.69) is 172 Å². The van der Waals surface area contributed by atoms with Crippen LogP contribution in [0.1, 0.15) is 47.2 Å². The van der Waals surface area contributed by atoms with Crippen LogP contribution in [0.2, 0.25) is 0 Å². The van der Waals surface area contributed by atoms with E-state index < -0.39 is 0 Å². The summed E-state index contributed by atoms with van der Waals surface area (Å²) in [4.78, 5) is 0. The summed E-state index contributed by atoms with van der Waals surface area (Å²) in [6.45, 7) is 4.60. The Balaban J connectivity index is 1.15. The molecular weight excluding hydrogens is 468 g/mol. The quantitative estimate of drug-likeness (QED) is 0.200. The molecule has 0 aliphatic rings. The predicted octanol–water partition coefficient (Wildman–Crippen LogP) is 10.7. The molecule has 0 atom stereocenters. The number of hydrogen-bond acceptors (Lipinski definition) is 0. The first kappa shape index (κ1) is 24.6. The minimum atomic E-state index is -0.0822. The van der Waals surface area contributed by atoms with E-state index in [0.29, 0.717) is 0 Å². The van der Waals surface area contributed by atoms with E-state index in [9.17, 15) is 0 Å². The molecule has 0 spiro atoms. The van der Waals surface area contributed by atoms with Gasteiger partial charge in [-0.25, -0.2) is 0 Å². The van der Waals surface area contributed by atoms with Crippen LogP contribution in [-0.4, -0.2) is 0 Å². The largest absolute Gasteiger partial charge is 0.0616 e. The molecule has 0 N–H and O–H groups in total. The normalized spacial score (nSPS) is 12.2. The van der Waals surface area contributed by atoms with Crippen molar-refractivity contribution in [2.24, 2.45) is 0 Å². The average Bonchev–Trinajstić information content (AvgIpc) is 2.99. The molecule has 0 amide bonds. The summed E-state index contributed by atoms with van der Waals surface area (Å²) in [7, 11) is 0. The Bertz CT molecular complexity index is 1660. The molecule has 6 aromatic rings. The maximum Gasteiger partial charge on any atom is 0.0146 e. The third-order valence-corrected chi connectivity index (χ3v) is 7.75. The number of hydrogen-bond donors (Lipinski definition) is 0. The summed E-state index contributed by atoms with van der Waals surface area (Å²) in [6.07, 6.45) is 8.77. The fourth-order valence-electron chi connectivity index (χ4n) is 5.20. The molecule has 0 heteroatoms. The molecule has 0 nitrogen and oxygen atoms in total. The van der Waals surface area contributed by atoms with E-state index in [1.54, 1.807) is 0 Å². The highest BCUT2D eigenvalue weighted by Crippen LogP contribution is 2.32. The van der Waals surface area contributed by atoms with Gasteiger partial charge in [-0.05, 0) is 67.1 Å². The third kappa shape index (κ3) is 5.47. The van der Waals surface area contributed by atoms with Crippen LogP contribution in [0.4, 0.5) is 0 Å². The van der Waals surface area contributed by atoms with Crippen molar-refractivity contribution in [3.8, 4) is 0 Å². The highest BCUT2D eigenvalue weighted by atomic mass is 14.3. The Kier molecular flexibility index (Phi) is 6.69. The molecule has 0 aliphatic carbocycles. The summed E-state index contributed by atoms with van der Waals surface area (Å²) in [5.41, 5.74) is 7.38. The smallest absolute Gasteiger partial charge is 0.0146 e. The molecule has 188 valence electrons. The lowest BCUT2D eigenvalue weighted by Gasteiger charge is -2.26. The van der Waals surface area contributed by atoms with Gasteiger partial charge in [0.05, 0.1) is 0 Å². The molecular formula is C39H32. The van der Waals surface area contributed by atoms with E-state index in [1.807, 2.05) is 0 Å². The summed E-state index contributed by atoms with van der Waals surface area (Å²) in [6, 6.07) is 48.1. The van der Waals surface area contributed by atoms with Crippen LogP contribution in [0.3, 0.4) is 0 Å². The van der Waals surface area contributed by atoms with Gasteiger partial charge in [-0.1, -0.05) is 159 Å². The van der Waals surface area contributed by atoms with Gasteiger partial charge in [0.1, 0.15) is 0 Å². The van der Waals surface area contributed by atoms with Crippen LogP contribution < -0.4 is 0 Å². The Labute approximate surface area is 231 Å². The minimum absolute atomic E-state index is 0.0822. The number of rotatable bonds is 6. The fraction of sp³-hybridized carbons (Fsp3) is 0.0769. The van der Waals surface area contributed by atoms with E-state index >= 15 is 0 Å². The van der Waals surface area contributed by atoms with Crippen molar-refractivity contribution in [3.63, 3.8) is 0 Å². The van der Waals surface area contributed by atoms with Crippen LogP contribution in [-0.2, 0) is 5.41 Å². The second-order valence-corrected chi connectivity index (χ2v) is 10.7. The maximum absolute atomic E-state index is 2.30. The first-order valence-corrected chi connectivity index (χ1v) is 13.6. The maximum atomic E-state index is 2.30. The van der Waals surface area contributed by atoms with Gasteiger partial charge >= 0.3 is 0 Å². The first-order chi connectivity index (χ1) is 19.0. The van der Waals surface area contributed by atoms with E-state index in [4.69, 9.17) is 0 Å². The van der Waals surface area contributed by atoms with Gasteiger partial charge in [0.15, 0.2) is 0 Å². The standard InChI is InChI=1S/C39H32/c1-39(2,37-23-17-29(18-24-37)11-13-31-15-21-33-7-3-5-9-35(33)27-31)38-25-19-30(20-26-38)12-14-32-16-22-34-8-4-6-10-36(34)28-32/h3-28H,1-2H3. The summed E-state index contributed by atoms with van der Waals surface area (Å²) >= 11 is 0. The molecule has 0 fully saturated rings. The lowest BCUT2D eigenvalue weighted by Crippen LogP contribution is -2.18. The molecule has 0 bridgehead atoms. The molecule has 0 aromatic heterocycles. The van der Waals surface area contributed by atoms with Gasteiger partial charge in [-0.15, -0.1) is 0 Å². The van der Waals surface area contributed by atoms with Crippen LogP contribution in [0.5, 0.6) is 0 Å². The van der Waals surface area contributed by atoms with E-state index in [1.165, 1.54) is 54.9 Å². The van der Waals surface area contributed by atoms with Crippen molar-refractivity contribution in [2.45, 2.75) is 19.3 Å². The Morgan fingerprint density at radius 1 is 0.359 bits per heavy atom. The van der Waals surface area contributed by atoms with Crippen LogP contribution in [0, 0.1) is 0 Å². The summed E-state index contributed by atoms with van der Waals surface area (Å²) in [5.74, 6) is 0. The molecule has 0 aliphatic heterocycles. The molecule has 0 saturated carbocycles. The predicted molar refractivity (Wildman–Crippen MR) is 171 cm³/mol.